The Morgan fingerprint density at radius 2 is 2.20 bits per heavy atom. The van der Waals surface area contributed by atoms with E-state index in [1.165, 1.54) is 0 Å². The van der Waals surface area contributed by atoms with Gasteiger partial charge in [-0.1, -0.05) is 13.3 Å². The van der Waals surface area contributed by atoms with E-state index < -0.39 is 0 Å². The third-order valence-electron chi connectivity index (χ3n) is 4.39. The molecule has 1 unspecified atom stereocenters. The van der Waals surface area contributed by atoms with Gasteiger partial charge in [-0.25, -0.2) is 0 Å². The molecule has 4 heteroatoms. The molecule has 0 aliphatic carbocycles. The zero-order valence-electron chi connectivity index (χ0n) is 12.9. The molecule has 1 amide bonds. The highest BCUT2D eigenvalue weighted by Crippen LogP contribution is 2.22. The van der Waals surface area contributed by atoms with Crippen LogP contribution < -0.4 is 5.32 Å². The van der Waals surface area contributed by atoms with E-state index in [9.17, 15) is 4.79 Å². The van der Waals surface area contributed by atoms with Crippen molar-refractivity contribution in [2.24, 2.45) is 0 Å². The fourth-order valence-corrected chi connectivity index (χ4v) is 2.97. The normalized spacial score (nSPS) is 17.9. The number of carbonyl (C=O) groups is 1. The molecule has 0 radical (unpaired) electrons. The van der Waals surface area contributed by atoms with Crippen LogP contribution in [0, 0.1) is 0 Å². The lowest BCUT2D eigenvalue weighted by Crippen LogP contribution is -2.37. The molecule has 2 rings (SSSR count). The van der Waals surface area contributed by atoms with Gasteiger partial charge in [0.05, 0.1) is 0 Å². The summed E-state index contributed by atoms with van der Waals surface area (Å²) < 4.78 is 2.18. The van der Waals surface area contributed by atoms with Gasteiger partial charge in [0.25, 0.3) is 5.91 Å². The largest absolute Gasteiger partial charge is 0.340 e. The van der Waals surface area contributed by atoms with E-state index in [-0.39, 0.29) is 5.91 Å². The van der Waals surface area contributed by atoms with E-state index in [4.69, 9.17) is 0 Å². The minimum atomic E-state index is 0.148. The number of nitrogens with one attached hydrogen (secondary N) is 1. The van der Waals surface area contributed by atoms with Crippen molar-refractivity contribution >= 4 is 5.91 Å². The molecule has 0 bridgehead atoms. The van der Waals surface area contributed by atoms with Crippen molar-refractivity contribution < 1.29 is 4.79 Å². The summed E-state index contributed by atoms with van der Waals surface area (Å²) in [6.07, 6.45) is 6.41. The maximum atomic E-state index is 12.7. The topological polar surface area (TPSA) is 37.3 Å². The molecule has 1 aromatic rings. The number of amides is 1. The molecule has 1 atom stereocenters. The van der Waals surface area contributed by atoms with Crippen LogP contribution in [0.4, 0.5) is 0 Å². The average molecular weight is 277 g/mol. The quantitative estimate of drug-likeness (QED) is 0.898. The zero-order chi connectivity index (χ0) is 14.5. The van der Waals surface area contributed by atoms with E-state index in [1.54, 1.807) is 0 Å². The van der Waals surface area contributed by atoms with Crippen molar-refractivity contribution in [2.75, 3.05) is 20.1 Å². The smallest absolute Gasteiger partial charge is 0.270 e. The molecule has 1 aliphatic heterocycles. The molecule has 1 aromatic heterocycles. The number of rotatable bonds is 5. The molecule has 1 saturated heterocycles. The SMILES string of the molecule is CCCC(C)N(C)C(=O)c1cccn1C1CCNCC1. The van der Waals surface area contributed by atoms with Crippen molar-refractivity contribution in [3.8, 4) is 0 Å². The molecule has 4 nitrogen and oxygen atoms in total. The summed E-state index contributed by atoms with van der Waals surface area (Å²) >= 11 is 0. The van der Waals surface area contributed by atoms with E-state index in [0.29, 0.717) is 12.1 Å². The van der Waals surface area contributed by atoms with Gasteiger partial charge in [-0.2, -0.15) is 0 Å². The van der Waals surface area contributed by atoms with Crippen molar-refractivity contribution in [1.29, 1.82) is 0 Å². The third kappa shape index (κ3) is 3.23. The first-order valence-corrected chi connectivity index (χ1v) is 7.79. The Kier molecular flexibility index (Phi) is 5.24. The van der Waals surface area contributed by atoms with Crippen LogP contribution in [0.5, 0.6) is 0 Å². The van der Waals surface area contributed by atoms with Gasteiger partial charge in [0.2, 0.25) is 0 Å². The Labute approximate surface area is 122 Å². The maximum absolute atomic E-state index is 12.7. The van der Waals surface area contributed by atoms with Crippen LogP contribution >= 0.6 is 0 Å². The lowest BCUT2D eigenvalue weighted by atomic mass is 10.1. The number of piperidine rings is 1. The average Bonchev–Trinajstić information content (AvgIpc) is 2.96. The summed E-state index contributed by atoms with van der Waals surface area (Å²) in [4.78, 5) is 14.6. The summed E-state index contributed by atoms with van der Waals surface area (Å²) in [6, 6.07) is 4.71. The molecule has 112 valence electrons. The lowest BCUT2D eigenvalue weighted by molar-refractivity contribution is 0.0722. The monoisotopic (exact) mass is 277 g/mol. The van der Waals surface area contributed by atoms with Crippen molar-refractivity contribution in [1.82, 2.24) is 14.8 Å². The van der Waals surface area contributed by atoms with Gasteiger partial charge in [0.1, 0.15) is 5.69 Å². The fraction of sp³-hybridized carbons (Fsp3) is 0.688. The van der Waals surface area contributed by atoms with Crippen LogP contribution in [0.15, 0.2) is 18.3 Å². The third-order valence-corrected chi connectivity index (χ3v) is 4.39. The number of carbonyl (C=O) groups excluding carboxylic acids is 1. The highest BCUT2D eigenvalue weighted by molar-refractivity contribution is 5.92. The Balaban J connectivity index is 2.12. The van der Waals surface area contributed by atoms with Gasteiger partial charge < -0.3 is 14.8 Å². The highest BCUT2D eigenvalue weighted by atomic mass is 16.2. The first-order valence-electron chi connectivity index (χ1n) is 7.79. The number of aromatic nitrogens is 1. The predicted octanol–water partition coefficient (Wildman–Crippen LogP) is 2.67. The molecule has 0 saturated carbocycles. The standard InChI is InChI=1S/C16H27N3O/c1-4-6-13(2)18(3)16(20)15-7-5-12-19(15)14-8-10-17-11-9-14/h5,7,12-14,17H,4,6,8-11H2,1-3H3. The summed E-state index contributed by atoms with van der Waals surface area (Å²) in [6.45, 7) is 6.36. The van der Waals surface area contributed by atoms with E-state index in [0.717, 1.165) is 44.5 Å². The van der Waals surface area contributed by atoms with Gasteiger partial charge in [0, 0.05) is 25.3 Å². The molecule has 1 fully saturated rings. The second-order valence-electron chi connectivity index (χ2n) is 5.84. The van der Waals surface area contributed by atoms with Gasteiger partial charge in [-0.05, 0) is 51.4 Å². The summed E-state index contributed by atoms with van der Waals surface area (Å²) in [7, 11) is 1.92. The van der Waals surface area contributed by atoms with Crippen molar-refractivity contribution in [3.63, 3.8) is 0 Å². The number of hydrogen-bond donors (Lipinski definition) is 1. The van der Waals surface area contributed by atoms with Crippen molar-refractivity contribution in [2.45, 2.75) is 51.6 Å². The molecule has 1 N–H and O–H groups in total. The first kappa shape index (κ1) is 15.1. The lowest BCUT2D eigenvalue weighted by Gasteiger charge is -2.29. The van der Waals surface area contributed by atoms with E-state index in [2.05, 4.69) is 29.9 Å². The minimum Gasteiger partial charge on any atom is -0.340 e. The van der Waals surface area contributed by atoms with E-state index in [1.807, 2.05) is 24.1 Å². The molecular formula is C16H27N3O. The number of hydrogen-bond acceptors (Lipinski definition) is 2. The Bertz CT molecular complexity index is 435. The fourth-order valence-electron chi connectivity index (χ4n) is 2.97. The maximum Gasteiger partial charge on any atom is 0.270 e. The molecule has 2 heterocycles. The Morgan fingerprint density at radius 1 is 1.50 bits per heavy atom. The molecule has 0 spiro atoms. The zero-order valence-corrected chi connectivity index (χ0v) is 12.9. The minimum absolute atomic E-state index is 0.148. The Morgan fingerprint density at radius 3 is 2.85 bits per heavy atom. The van der Waals surface area contributed by atoms with Gasteiger partial charge in [-0.15, -0.1) is 0 Å². The molecule has 0 aromatic carbocycles. The highest BCUT2D eigenvalue weighted by Gasteiger charge is 2.23. The van der Waals surface area contributed by atoms with Gasteiger partial charge in [-0.3, -0.25) is 4.79 Å². The Hall–Kier alpha value is -1.29. The van der Waals surface area contributed by atoms with Crippen LogP contribution in [0.25, 0.3) is 0 Å². The number of nitrogens with zero attached hydrogens (tertiary/aromatic N) is 2. The molecule has 20 heavy (non-hydrogen) atoms. The van der Waals surface area contributed by atoms with Crippen LogP contribution in [0.1, 0.15) is 56.1 Å². The second kappa shape index (κ2) is 6.93. The van der Waals surface area contributed by atoms with E-state index >= 15 is 0 Å². The molecule has 1 aliphatic rings. The van der Waals surface area contributed by atoms with Crippen molar-refractivity contribution in [3.05, 3.63) is 24.0 Å². The summed E-state index contributed by atoms with van der Waals surface area (Å²) in [5, 5.41) is 3.37. The summed E-state index contributed by atoms with van der Waals surface area (Å²) in [5.41, 5.74) is 0.836. The van der Waals surface area contributed by atoms with Gasteiger partial charge >= 0.3 is 0 Å². The van der Waals surface area contributed by atoms with Crippen LogP contribution in [-0.4, -0.2) is 41.6 Å². The van der Waals surface area contributed by atoms with Crippen LogP contribution in [-0.2, 0) is 0 Å². The van der Waals surface area contributed by atoms with Gasteiger partial charge in [0.15, 0.2) is 0 Å². The van der Waals surface area contributed by atoms with Crippen LogP contribution in [0.2, 0.25) is 0 Å². The first-order chi connectivity index (χ1) is 9.65. The second-order valence-corrected chi connectivity index (χ2v) is 5.84. The summed E-state index contributed by atoms with van der Waals surface area (Å²) in [5.74, 6) is 0.148. The predicted molar refractivity (Wildman–Crippen MR) is 82.0 cm³/mol. The van der Waals surface area contributed by atoms with Crippen LogP contribution in [0.3, 0.4) is 0 Å². The molecular weight excluding hydrogens is 250 g/mol.